The number of carbonyl (C=O) groups excluding carboxylic acids is 1. The highest BCUT2D eigenvalue weighted by molar-refractivity contribution is 5.96. The second kappa shape index (κ2) is 7.85. The molecule has 25 heavy (non-hydrogen) atoms. The molecule has 0 N–H and O–H groups in total. The maximum absolute atomic E-state index is 12.8. The number of nitrogens with zero attached hydrogens (tertiary/aromatic N) is 3. The van der Waals surface area contributed by atoms with Gasteiger partial charge in [-0.05, 0) is 43.7 Å². The van der Waals surface area contributed by atoms with E-state index in [0.717, 1.165) is 51.9 Å². The normalized spacial score (nSPS) is 21.7. The molecule has 1 unspecified atom stereocenters. The molecule has 0 saturated carbocycles. The van der Waals surface area contributed by atoms with Gasteiger partial charge in [0.05, 0.1) is 4.92 Å². The number of anilines is 1. The molecule has 6 heteroatoms. The summed E-state index contributed by atoms with van der Waals surface area (Å²) in [5, 5.41) is 11.6. The molecule has 2 aliphatic rings. The Labute approximate surface area is 148 Å². The van der Waals surface area contributed by atoms with E-state index < -0.39 is 0 Å². The van der Waals surface area contributed by atoms with Crippen molar-refractivity contribution in [3.63, 3.8) is 0 Å². The molecule has 3 rings (SSSR count). The summed E-state index contributed by atoms with van der Waals surface area (Å²) in [6, 6.07) is 5.00. The van der Waals surface area contributed by atoms with Gasteiger partial charge in [-0.25, -0.2) is 0 Å². The van der Waals surface area contributed by atoms with E-state index in [1.807, 2.05) is 4.90 Å². The summed E-state index contributed by atoms with van der Waals surface area (Å²) in [6.07, 6.45) is 6.60. The van der Waals surface area contributed by atoms with Crippen molar-refractivity contribution in [2.75, 3.05) is 31.1 Å². The van der Waals surface area contributed by atoms with Crippen LogP contribution in [-0.4, -0.2) is 41.9 Å². The lowest BCUT2D eigenvalue weighted by atomic mass is 9.99. The largest absolute Gasteiger partial charge is 0.366 e. The van der Waals surface area contributed by atoms with Crippen LogP contribution < -0.4 is 4.90 Å². The van der Waals surface area contributed by atoms with Crippen LogP contribution in [0.1, 0.15) is 55.8 Å². The first-order chi connectivity index (χ1) is 12.1. The van der Waals surface area contributed by atoms with Gasteiger partial charge in [0.2, 0.25) is 0 Å². The van der Waals surface area contributed by atoms with Crippen molar-refractivity contribution < 1.29 is 9.72 Å². The number of hydrogen-bond acceptors (Lipinski definition) is 4. The van der Waals surface area contributed by atoms with Crippen molar-refractivity contribution in [2.24, 2.45) is 5.92 Å². The van der Waals surface area contributed by atoms with E-state index in [1.54, 1.807) is 12.1 Å². The molecule has 0 bridgehead atoms. The molecule has 6 nitrogen and oxygen atoms in total. The second-order valence-corrected chi connectivity index (χ2v) is 7.36. The number of piperidine rings is 1. The van der Waals surface area contributed by atoms with Crippen molar-refractivity contribution in [1.29, 1.82) is 0 Å². The van der Waals surface area contributed by atoms with Gasteiger partial charge in [-0.15, -0.1) is 0 Å². The highest BCUT2D eigenvalue weighted by atomic mass is 16.6. The number of amides is 1. The van der Waals surface area contributed by atoms with Crippen molar-refractivity contribution in [3.05, 3.63) is 33.9 Å². The molecular weight excluding hydrogens is 318 g/mol. The van der Waals surface area contributed by atoms with E-state index in [0.29, 0.717) is 17.2 Å². The van der Waals surface area contributed by atoms with E-state index >= 15 is 0 Å². The van der Waals surface area contributed by atoms with Crippen molar-refractivity contribution in [3.8, 4) is 0 Å². The first-order valence-electron chi connectivity index (χ1n) is 9.39. The van der Waals surface area contributed by atoms with Crippen molar-refractivity contribution in [1.82, 2.24) is 4.90 Å². The van der Waals surface area contributed by atoms with Gasteiger partial charge >= 0.3 is 0 Å². The van der Waals surface area contributed by atoms with Gasteiger partial charge in [-0.3, -0.25) is 14.9 Å². The van der Waals surface area contributed by atoms with Crippen LogP contribution in [0.3, 0.4) is 0 Å². The molecule has 0 radical (unpaired) electrons. The van der Waals surface area contributed by atoms with E-state index in [9.17, 15) is 14.9 Å². The standard InChI is InChI=1S/C19H27N3O3/c1-15-7-6-12-21(14-15)19(23)16-8-9-17(18(13-16)22(24)25)20-10-4-2-3-5-11-20/h8-9,13,15H,2-7,10-12,14H2,1H3. The summed E-state index contributed by atoms with van der Waals surface area (Å²) in [7, 11) is 0. The van der Waals surface area contributed by atoms with Crippen LogP contribution >= 0.6 is 0 Å². The SMILES string of the molecule is CC1CCCN(C(=O)c2ccc(N3CCCCCC3)c([N+](=O)[O-])c2)C1. The minimum Gasteiger partial charge on any atom is -0.366 e. The molecule has 2 saturated heterocycles. The van der Waals surface area contributed by atoms with Crippen LogP contribution in [0.15, 0.2) is 18.2 Å². The van der Waals surface area contributed by atoms with Crippen LogP contribution in [0.2, 0.25) is 0 Å². The van der Waals surface area contributed by atoms with Gasteiger partial charge in [0, 0.05) is 37.8 Å². The molecule has 136 valence electrons. The quantitative estimate of drug-likeness (QED) is 0.616. The fourth-order valence-corrected chi connectivity index (χ4v) is 3.94. The average Bonchev–Trinajstić information content (AvgIpc) is 2.90. The van der Waals surface area contributed by atoms with Crippen LogP contribution in [0.4, 0.5) is 11.4 Å². The third-order valence-corrected chi connectivity index (χ3v) is 5.31. The first kappa shape index (κ1) is 17.7. The lowest BCUT2D eigenvalue weighted by Gasteiger charge is -2.31. The molecule has 0 aliphatic carbocycles. The topological polar surface area (TPSA) is 66.7 Å². The highest BCUT2D eigenvalue weighted by Crippen LogP contribution is 2.31. The maximum Gasteiger partial charge on any atom is 0.293 e. The molecule has 1 atom stereocenters. The molecule has 0 spiro atoms. The van der Waals surface area contributed by atoms with E-state index in [2.05, 4.69) is 11.8 Å². The van der Waals surface area contributed by atoms with Gasteiger partial charge < -0.3 is 9.80 Å². The molecule has 2 aliphatic heterocycles. The Balaban J connectivity index is 1.85. The zero-order valence-corrected chi connectivity index (χ0v) is 14.9. The molecular formula is C19H27N3O3. The molecule has 1 amide bonds. The Morgan fingerprint density at radius 3 is 2.48 bits per heavy atom. The Morgan fingerprint density at radius 2 is 1.84 bits per heavy atom. The molecule has 1 aromatic carbocycles. The van der Waals surface area contributed by atoms with Gasteiger partial charge in [0.1, 0.15) is 5.69 Å². The molecule has 1 aromatic rings. The fraction of sp³-hybridized carbons (Fsp3) is 0.632. The third kappa shape index (κ3) is 4.11. The summed E-state index contributed by atoms with van der Waals surface area (Å²) < 4.78 is 0. The minimum absolute atomic E-state index is 0.0535. The number of hydrogen-bond donors (Lipinski definition) is 0. The van der Waals surface area contributed by atoms with E-state index in [-0.39, 0.29) is 16.5 Å². The van der Waals surface area contributed by atoms with Crippen LogP contribution in [0, 0.1) is 16.0 Å². The van der Waals surface area contributed by atoms with E-state index in [1.165, 1.54) is 18.9 Å². The van der Waals surface area contributed by atoms with Crippen LogP contribution in [0.5, 0.6) is 0 Å². The van der Waals surface area contributed by atoms with Gasteiger partial charge in [-0.1, -0.05) is 19.8 Å². The number of benzene rings is 1. The Kier molecular flexibility index (Phi) is 5.56. The number of nitro groups is 1. The zero-order valence-electron chi connectivity index (χ0n) is 14.9. The number of nitro benzene ring substituents is 1. The second-order valence-electron chi connectivity index (χ2n) is 7.36. The summed E-state index contributed by atoms with van der Waals surface area (Å²) in [5.74, 6) is 0.404. The molecule has 2 heterocycles. The zero-order chi connectivity index (χ0) is 17.8. The number of rotatable bonds is 3. The van der Waals surface area contributed by atoms with Crippen molar-refractivity contribution in [2.45, 2.75) is 45.4 Å². The summed E-state index contributed by atoms with van der Waals surface area (Å²) in [5.41, 5.74) is 1.13. The summed E-state index contributed by atoms with van der Waals surface area (Å²) in [4.78, 5) is 27.9. The van der Waals surface area contributed by atoms with Crippen LogP contribution in [0.25, 0.3) is 0 Å². The van der Waals surface area contributed by atoms with Gasteiger partial charge in [0.25, 0.3) is 11.6 Å². The van der Waals surface area contributed by atoms with Crippen molar-refractivity contribution >= 4 is 17.3 Å². The molecule has 0 aromatic heterocycles. The first-order valence-corrected chi connectivity index (χ1v) is 9.39. The smallest absolute Gasteiger partial charge is 0.293 e. The lowest BCUT2D eigenvalue weighted by molar-refractivity contribution is -0.384. The Hall–Kier alpha value is -2.11. The Morgan fingerprint density at radius 1 is 1.12 bits per heavy atom. The average molecular weight is 345 g/mol. The lowest BCUT2D eigenvalue weighted by Crippen LogP contribution is -2.39. The maximum atomic E-state index is 12.8. The highest BCUT2D eigenvalue weighted by Gasteiger charge is 2.26. The predicted molar refractivity (Wildman–Crippen MR) is 98.1 cm³/mol. The predicted octanol–water partition coefficient (Wildman–Crippen LogP) is 3.85. The number of carbonyl (C=O) groups is 1. The number of likely N-dealkylation sites (tertiary alicyclic amines) is 1. The van der Waals surface area contributed by atoms with E-state index in [4.69, 9.17) is 0 Å². The van der Waals surface area contributed by atoms with Crippen LogP contribution in [-0.2, 0) is 0 Å². The summed E-state index contributed by atoms with van der Waals surface area (Å²) >= 11 is 0. The minimum atomic E-state index is -0.351. The monoisotopic (exact) mass is 345 g/mol. The summed E-state index contributed by atoms with van der Waals surface area (Å²) in [6.45, 7) is 5.31. The third-order valence-electron chi connectivity index (χ3n) is 5.31. The Bertz CT molecular complexity index is 639. The molecule has 2 fully saturated rings. The van der Waals surface area contributed by atoms with Gasteiger partial charge in [-0.2, -0.15) is 0 Å². The van der Waals surface area contributed by atoms with Gasteiger partial charge in [0.15, 0.2) is 0 Å². The fourth-order valence-electron chi connectivity index (χ4n) is 3.94.